The number of nitrogens with two attached hydrogens (primary N) is 1. The normalized spacial score (nSPS) is 10.1. The van der Waals surface area contributed by atoms with Gasteiger partial charge in [-0.25, -0.2) is 0 Å². The van der Waals surface area contributed by atoms with Crippen LogP contribution in [0.15, 0.2) is 16.9 Å². The van der Waals surface area contributed by atoms with Gasteiger partial charge in [0.05, 0.1) is 6.67 Å². The number of hydrogen-bond acceptors (Lipinski definition) is 2. The molecule has 0 aliphatic rings. The lowest BCUT2D eigenvalue weighted by molar-refractivity contribution is 0.675. The maximum absolute atomic E-state index is 11.2. The minimum atomic E-state index is -0.0231. The minimum Gasteiger partial charge on any atom is -0.313 e. The van der Waals surface area contributed by atoms with E-state index in [1.165, 1.54) is 4.57 Å². The van der Waals surface area contributed by atoms with Crippen molar-refractivity contribution in [2.45, 2.75) is 20.5 Å². The Morgan fingerprint density at radius 3 is 2.55 bits per heavy atom. The highest BCUT2D eigenvalue weighted by Crippen LogP contribution is 1.97. The van der Waals surface area contributed by atoms with Crippen LogP contribution in [0.25, 0.3) is 0 Å². The first-order chi connectivity index (χ1) is 5.15. The fourth-order valence-corrected chi connectivity index (χ4v) is 1.13. The van der Waals surface area contributed by atoms with Crippen LogP contribution in [0.3, 0.4) is 0 Å². The molecule has 1 aromatic rings. The average molecular weight is 152 g/mol. The van der Waals surface area contributed by atoms with Crippen molar-refractivity contribution in [3.05, 3.63) is 33.7 Å². The summed E-state index contributed by atoms with van der Waals surface area (Å²) in [5.41, 5.74) is 7.24. The first kappa shape index (κ1) is 8.01. The van der Waals surface area contributed by atoms with Crippen molar-refractivity contribution >= 4 is 0 Å². The molecule has 3 nitrogen and oxygen atoms in total. The van der Waals surface area contributed by atoms with Crippen LogP contribution in [-0.4, -0.2) is 4.57 Å². The smallest absolute Gasteiger partial charge is 0.252 e. The largest absolute Gasteiger partial charge is 0.313 e. The molecular formula is C8H12N2O. The molecule has 60 valence electrons. The van der Waals surface area contributed by atoms with Gasteiger partial charge in [-0.1, -0.05) is 0 Å². The second-order valence-electron chi connectivity index (χ2n) is 2.62. The fraction of sp³-hybridized carbons (Fsp3) is 0.375. The van der Waals surface area contributed by atoms with Crippen molar-refractivity contribution in [2.75, 3.05) is 0 Å². The Balaban J connectivity index is 3.37. The third-order valence-corrected chi connectivity index (χ3v) is 1.66. The van der Waals surface area contributed by atoms with Gasteiger partial charge in [0.15, 0.2) is 0 Å². The molecule has 2 N–H and O–H groups in total. The van der Waals surface area contributed by atoms with Crippen molar-refractivity contribution in [3.8, 4) is 0 Å². The summed E-state index contributed by atoms with van der Waals surface area (Å²) in [7, 11) is 0. The molecule has 1 aromatic heterocycles. The van der Waals surface area contributed by atoms with Crippen molar-refractivity contribution in [1.29, 1.82) is 0 Å². The molecule has 0 bridgehead atoms. The van der Waals surface area contributed by atoms with Crippen LogP contribution in [0, 0.1) is 13.8 Å². The molecule has 0 radical (unpaired) electrons. The summed E-state index contributed by atoms with van der Waals surface area (Å²) in [5.74, 6) is 0. The van der Waals surface area contributed by atoms with Crippen molar-refractivity contribution in [1.82, 2.24) is 4.57 Å². The van der Waals surface area contributed by atoms with E-state index in [1.54, 1.807) is 6.07 Å². The lowest BCUT2D eigenvalue weighted by atomic mass is 10.2. The van der Waals surface area contributed by atoms with E-state index < -0.39 is 0 Å². The molecule has 3 heteroatoms. The zero-order valence-corrected chi connectivity index (χ0v) is 6.79. The van der Waals surface area contributed by atoms with Gasteiger partial charge in [0.1, 0.15) is 0 Å². The summed E-state index contributed by atoms with van der Waals surface area (Å²) in [5, 5.41) is 0. The van der Waals surface area contributed by atoms with E-state index in [1.807, 2.05) is 19.9 Å². The molecule has 0 aliphatic heterocycles. The van der Waals surface area contributed by atoms with E-state index >= 15 is 0 Å². The molecule has 0 saturated heterocycles. The predicted octanol–water partition coefficient (Wildman–Crippen LogP) is 0.381. The lowest BCUT2D eigenvalue weighted by Gasteiger charge is -2.06. The third kappa shape index (κ3) is 1.49. The van der Waals surface area contributed by atoms with E-state index in [0.717, 1.165) is 11.3 Å². The number of nitrogens with zero attached hydrogens (tertiary/aromatic N) is 1. The minimum absolute atomic E-state index is 0.0231. The van der Waals surface area contributed by atoms with Gasteiger partial charge in [0, 0.05) is 11.8 Å². The fourth-order valence-electron chi connectivity index (χ4n) is 1.13. The van der Waals surface area contributed by atoms with Gasteiger partial charge in [-0.3, -0.25) is 9.36 Å². The van der Waals surface area contributed by atoms with Gasteiger partial charge < -0.3 is 5.73 Å². The van der Waals surface area contributed by atoms with Crippen LogP contribution in [0.4, 0.5) is 0 Å². The van der Waals surface area contributed by atoms with Gasteiger partial charge in [0.25, 0.3) is 5.56 Å². The maximum atomic E-state index is 11.2. The van der Waals surface area contributed by atoms with Crippen LogP contribution in [0.2, 0.25) is 0 Å². The number of aryl methyl sites for hydroxylation is 2. The van der Waals surface area contributed by atoms with Crippen LogP contribution in [0.5, 0.6) is 0 Å². The average Bonchev–Trinajstić information content (AvgIpc) is 1.85. The van der Waals surface area contributed by atoms with Crippen LogP contribution in [-0.2, 0) is 6.67 Å². The van der Waals surface area contributed by atoms with Gasteiger partial charge in [-0.2, -0.15) is 0 Å². The molecule has 11 heavy (non-hydrogen) atoms. The quantitative estimate of drug-likeness (QED) is 0.632. The zero-order valence-electron chi connectivity index (χ0n) is 6.79. The maximum Gasteiger partial charge on any atom is 0.252 e. The molecule has 1 heterocycles. The molecule has 1 rings (SSSR count). The Morgan fingerprint density at radius 2 is 2.09 bits per heavy atom. The first-order valence-corrected chi connectivity index (χ1v) is 3.53. The number of rotatable bonds is 1. The summed E-state index contributed by atoms with van der Waals surface area (Å²) >= 11 is 0. The number of pyridine rings is 1. The number of aromatic nitrogens is 1. The molecular weight excluding hydrogens is 140 g/mol. The van der Waals surface area contributed by atoms with Crippen LogP contribution >= 0.6 is 0 Å². The van der Waals surface area contributed by atoms with Crippen molar-refractivity contribution < 1.29 is 0 Å². The Labute approximate surface area is 65.5 Å². The second-order valence-corrected chi connectivity index (χ2v) is 2.62. The van der Waals surface area contributed by atoms with Gasteiger partial charge in [-0.05, 0) is 25.5 Å². The molecule has 0 spiro atoms. The second kappa shape index (κ2) is 2.88. The van der Waals surface area contributed by atoms with E-state index in [9.17, 15) is 4.79 Å². The topological polar surface area (TPSA) is 48.0 Å². The highest BCUT2D eigenvalue weighted by atomic mass is 16.1. The van der Waals surface area contributed by atoms with E-state index in [2.05, 4.69) is 0 Å². The zero-order chi connectivity index (χ0) is 8.43. The monoisotopic (exact) mass is 152 g/mol. The van der Waals surface area contributed by atoms with E-state index in [4.69, 9.17) is 5.73 Å². The molecule has 0 aromatic carbocycles. The van der Waals surface area contributed by atoms with Crippen molar-refractivity contribution in [3.63, 3.8) is 0 Å². The first-order valence-electron chi connectivity index (χ1n) is 3.53. The number of hydrogen-bond donors (Lipinski definition) is 1. The Hall–Kier alpha value is -1.09. The summed E-state index contributed by atoms with van der Waals surface area (Å²) < 4.78 is 1.53. The molecule has 0 fully saturated rings. The van der Waals surface area contributed by atoms with Crippen LogP contribution < -0.4 is 11.3 Å². The highest BCUT2D eigenvalue weighted by molar-refractivity contribution is 5.14. The summed E-state index contributed by atoms with van der Waals surface area (Å²) in [6, 6.07) is 3.52. The summed E-state index contributed by atoms with van der Waals surface area (Å²) in [6.07, 6.45) is 0. The van der Waals surface area contributed by atoms with E-state index in [0.29, 0.717) is 0 Å². The molecule has 0 aliphatic carbocycles. The molecule has 0 saturated carbocycles. The Bertz CT molecular complexity index is 314. The van der Waals surface area contributed by atoms with Gasteiger partial charge in [-0.15, -0.1) is 0 Å². The molecule has 0 unspecified atom stereocenters. The summed E-state index contributed by atoms with van der Waals surface area (Å²) in [4.78, 5) is 11.2. The van der Waals surface area contributed by atoms with Gasteiger partial charge >= 0.3 is 0 Å². The predicted molar refractivity (Wildman–Crippen MR) is 44.4 cm³/mol. The molecule has 0 atom stereocenters. The summed E-state index contributed by atoms with van der Waals surface area (Å²) in [6.45, 7) is 4.03. The van der Waals surface area contributed by atoms with E-state index in [-0.39, 0.29) is 12.2 Å². The highest BCUT2D eigenvalue weighted by Gasteiger charge is 1.97. The Morgan fingerprint density at radius 1 is 1.45 bits per heavy atom. The standard InChI is InChI=1S/C8H12N2O/c1-6-3-7(2)10(5-9)8(11)4-6/h3-4H,5,9H2,1-2H3. The van der Waals surface area contributed by atoms with Crippen molar-refractivity contribution in [2.24, 2.45) is 5.73 Å². The van der Waals surface area contributed by atoms with Crippen LogP contribution in [0.1, 0.15) is 11.3 Å². The van der Waals surface area contributed by atoms with Gasteiger partial charge in [0.2, 0.25) is 0 Å². The SMILES string of the molecule is Cc1cc(C)n(CN)c(=O)c1. The Kier molecular flexibility index (Phi) is 2.10. The third-order valence-electron chi connectivity index (χ3n) is 1.66. The molecule has 0 amide bonds. The lowest BCUT2D eigenvalue weighted by Crippen LogP contribution is -2.25.